The molecule has 112 valence electrons. The predicted octanol–water partition coefficient (Wildman–Crippen LogP) is 2.95. The Hall–Kier alpha value is -2.48. The van der Waals surface area contributed by atoms with Crippen LogP contribution in [0.5, 0.6) is 11.5 Å². The standard InChI is InChI=1S/C16H19NO4/c1-4-19-14-8-6-13(10-15(14)20-5-2)7-9-16(18)21-12(3)11-17/h6-10,12H,4-5H2,1-3H3/b9-7+/t12-/m0/s1. The third-order valence-electron chi connectivity index (χ3n) is 2.45. The molecule has 5 heteroatoms. The molecule has 0 bridgehead atoms. The van der Waals surface area contributed by atoms with Crippen LogP contribution in [-0.2, 0) is 9.53 Å². The van der Waals surface area contributed by atoms with Gasteiger partial charge in [-0.1, -0.05) is 6.07 Å². The van der Waals surface area contributed by atoms with Gasteiger partial charge < -0.3 is 14.2 Å². The number of hydrogen-bond acceptors (Lipinski definition) is 5. The highest BCUT2D eigenvalue weighted by atomic mass is 16.5. The predicted molar refractivity (Wildman–Crippen MR) is 79.0 cm³/mol. The van der Waals surface area contributed by atoms with Gasteiger partial charge in [0.2, 0.25) is 0 Å². The fourth-order valence-electron chi connectivity index (χ4n) is 1.58. The summed E-state index contributed by atoms with van der Waals surface area (Å²) in [5.74, 6) is 0.730. The lowest BCUT2D eigenvalue weighted by Crippen LogP contribution is -2.10. The highest BCUT2D eigenvalue weighted by Crippen LogP contribution is 2.28. The molecule has 0 radical (unpaired) electrons. The van der Waals surface area contributed by atoms with Gasteiger partial charge in [0, 0.05) is 6.08 Å². The third-order valence-corrected chi connectivity index (χ3v) is 2.45. The van der Waals surface area contributed by atoms with E-state index in [9.17, 15) is 4.79 Å². The van der Waals surface area contributed by atoms with Crippen molar-refractivity contribution >= 4 is 12.0 Å². The topological polar surface area (TPSA) is 68.5 Å². The second-order valence-corrected chi connectivity index (χ2v) is 4.11. The Labute approximate surface area is 124 Å². The molecule has 0 unspecified atom stereocenters. The van der Waals surface area contributed by atoms with Crippen LogP contribution in [0.3, 0.4) is 0 Å². The van der Waals surface area contributed by atoms with Crippen LogP contribution in [0.1, 0.15) is 26.3 Å². The maximum Gasteiger partial charge on any atom is 0.332 e. The maximum absolute atomic E-state index is 11.4. The van der Waals surface area contributed by atoms with Crippen LogP contribution in [0.15, 0.2) is 24.3 Å². The van der Waals surface area contributed by atoms with Crippen molar-refractivity contribution in [2.75, 3.05) is 13.2 Å². The highest BCUT2D eigenvalue weighted by Gasteiger charge is 2.06. The summed E-state index contributed by atoms with van der Waals surface area (Å²) in [6.07, 6.45) is 2.12. The Morgan fingerprint density at radius 2 is 1.95 bits per heavy atom. The molecular formula is C16H19NO4. The SMILES string of the molecule is CCOc1ccc(/C=C/C(=O)O[C@@H](C)C#N)cc1OCC. The summed E-state index contributed by atoms with van der Waals surface area (Å²) in [4.78, 5) is 11.4. The minimum Gasteiger partial charge on any atom is -0.490 e. The Balaban J connectivity index is 2.82. The molecule has 0 heterocycles. The van der Waals surface area contributed by atoms with E-state index in [1.165, 1.54) is 13.0 Å². The van der Waals surface area contributed by atoms with Gasteiger partial charge in [0.1, 0.15) is 6.07 Å². The Morgan fingerprint density at radius 1 is 1.29 bits per heavy atom. The summed E-state index contributed by atoms with van der Waals surface area (Å²) in [6.45, 7) is 6.37. The molecule has 21 heavy (non-hydrogen) atoms. The van der Waals surface area contributed by atoms with Gasteiger partial charge in [-0.3, -0.25) is 0 Å². The minimum atomic E-state index is -0.763. The van der Waals surface area contributed by atoms with Crippen LogP contribution in [-0.4, -0.2) is 25.3 Å². The van der Waals surface area contributed by atoms with Crippen molar-refractivity contribution in [2.24, 2.45) is 0 Å². The van der Waals surface area contributed by atoms with Crippen molar-refractivity contribution in [3.05, 3.63) is 29.8 Å². The number of hydrogen-bond donors (Lipinski definition) is 0. The van der Waals surface area contributed by atoms with Crippen molar-refractivity contribution in [1.29, 1.82) is 5.26 Å². The third kappa shape index (κ3) is 5.57. The van der Waals surface area contributed by atoms with Crippen molar-refractivity contribution in [3.8, 4) is 17.6 Å². The van der Waals surface area contributed by atoms with Crippen LogP contribution in [0, 0.1) is 11.3 Å². The van der Waals surface area contributed by atoms with Crippen LogP contribution in [0.25, 0.3) is 6.08 Å². The van der Waals surface area contributed by atoms with Gasteiger partial charge >= 0.3 is 5.97 Å². The molecule has 0 aliphatic heterocycles. The number of rotatable bonds is 7. The normalized spacial score (nSPS) is 11.7. The summed E-state index contributed by atoms with van der Waals surface area (Å²) in [5.41, 5.74) is 0.781. The van der Waals surface area contributed by atoms with Crippen LogP contribution < -0.4 is 9.47 Å². The lowest BCUT2D eigenvalue weighted by molar-refractivity contribution is -0.139. The first kappa shape index (κ1) is 16.6. The lowest BCUT2D eigenvalue weighted by Gasteiger charge is -2.11. The fourth-order valence-corrected chi connectivity index (χ4v) is 1.58. The Morgan fingerprint density at radius 3 is 2.57 bits per heavy atom. The molecule has 0 aliphatic carbocycles. The monoisotopic (exact) mass is 289 g/mol. The first-order chi connectivity index (χ1) is 10.1. The number of nitriles is 1. The van der Waals surface area contributed by atoms with Crippen LogP contribution in [0.4, 0.5) is 0 Å². The zero-order valence-corrected chi connectivity index (χ0v) is 12.5. The zero-order valence-electron chi connectivity index (χ0n) is 12.5. The largest absolute Gasteiger partial charge is 0.490 e. The van der Waals surface area contributed by atoms with E-state index < -0.39 is 12.1 Å². The molecule has 0 aliphatic rings. The zero-order chi connectivity index (χ0) is 15.7. The average Bonchev–Trinajstić information content (AvgIpc) is 2.47. The van der Waals surface area contributed by atoms with Gasteiger partial charge in [-0.15, -0.1) is 0 Å². The summed E-state index contributed by atoms with van der Waals surface area (Å²) in [7, 11) is 0. The fraction of sp³-hybridized carbons (Fsp3) is 0.375. The van der Waals surface area contributed by atoms with E-state index in [1.54, 1.807) is 18.2 Å². The number of ether oxygens (including phenoxy) is 3. The van der Waals surface area contributed by atoms with E-state index in [0.717, 1.165) is 5.56 Å². The number of carbonyl (C=O) groups is 1. The van der Waals surface area contributed by atoms with Gasteiger partial charge in [-0.25, -0.2) is 4.79 Å². The molecule has 1 rings (SSSR count). The van der Waals surface area contributed by atoms with Crippen molar-refractivity contribution in [2.45, 2.75) is 26.9 Å². The molecule has 0 N–H and O–H groups in total. The lowest BCUT2D eigenvalue weighted by atomic mass is 10.2. The number of nitrogens with zero attached hydrogens (tertiary/aromatic N) is 1. The molecule has 0 saturated heterocycles. The second kappa shape index (κ2) is 8.64. The Kier molecular flexibility index (Phi) is 6.82. The molecule has 1 aromatic rings. The first-order valence-electron chi connectivity index (χ1n) is 6.78. The number of benzene rings is 1. The smallest absolute Gasteiger partial charge is 0.332 e. The maximum atomic E-state index is 11.4. The van der Waals surface area contributed by atoms with Gasteiger partial charge in [0.05, 0.1) is 13.2 Å². The quantitative estimate of drug-likeness (QED) is 0.570. The van der Waals surface area contributed by atoms with Crippen molar-refractivity contribution < 1.29 is 19.0 Å². The minimum absolute atomic E-state index is 0.523. The van der Waals surface area contributed by atoms with Crippen LogP contribution >= 0.6 is 0 Å². The van der Waals surface area contributed by atoms with E-state index in [4.69, 9.17) is 19.5 Å². The molecule has 1 atom stereocenters. The highest BCUT2D eigenvalue weighted by molar-refractivity contribution is 5.87. The summed E-state index contributed by atoms with van der Waals surface area (Å²) >= 11 is 0. The second-order valence-electron chi connectivity index (χ2n) is 4.11. The molecule has 5 nitrogen and oxygen atoms in total. The van der Waals surface area contributed by atoms with E-state index in [2.05, 4.69) is 0 Å². The summed E-state index contributed by atoms with van der Waals surface area (Å²) in [6, 6.07) is 7.21. The van der Waals surface area contributed by atoms with Gasteiger partial charge in [0.25, 0.3) is 0 Å². The molecular weight excluding hydrogens is 270 g/mol. The summed E-state index contributed by atoms with van der Waals surface area (Å²) in [5, 5.41) is 8.56. The summed E-state index contributed by atoms with van der Waals surface area (Å²) < 4.78 is 15.8. The van der Waals surface area contributed by atoms with Gasteiger partial charge in [-0.05, 0) is 44.5 Å². The van der Waals surface area contributed by atoms with Gasteiger partial charge in [-0.2, -0.15) is 5.26 Å². The molecule has 0 amide bonds. The Bertz CT molecular complexity index is 546. The molecule has 0 spiro atoms. The van der Waals surface area contributed by atoms with Crippen molar-refractivity contribution in [3.63, 3.8) is 0 Å². The van der Waals surface area contributed by atoms with E-state index in [1.807, 2.05) is 26.0 Å². The molecule has 1 aromatic carbocycles. The molecule has 0 fully saturated rings. The van der Waals surface area contributed by atoms with Crippen LogP contribution in [0.2, 0.25) is 0 Å². The van der Waals surface area contributed by atoms with E-state index in [0.29, 0.717) is 24.7 Å². The molecule has 0 aromatic heterocycles. The van der Waals surface area contributed by atoms with Crippen molar-refractivity contribution in [1.82, 2.24) is 0 Å². The average molecular weight is 289 g/mol. The molecule has 0 saturated carbocycles. The van der Waals surface area contributed by atoms with E-state index in [-0.39, 0.29) is 0 Å². The van der Waals surface area contributed by atoms with Gasteiger partial charge in [0.15, 0.2) is 17.6 Å². The first-order valence-corrected chi connectivity index (χ1v) is 6.78. The number of esters is 1. The van der Waals surface area contributed by atoms with E-state index >= 15 is 0 Å². The number of carbonyl (C=O) groups excluding carboxylic acids is 1.